The maximum atomic E-state index is 12.4. The van der Waals surface area contributed by atoms with Crippen molar-refractivity contribution < 1.29 is 19.0 Å². The summed E-state index contributed by atoms with van der Waals surface area (Å²) >= 11 is 0. The number of carbonyl (C=O) groups is 1. The normalized spacial score (nSPS) is 10.5. The van der Waals surface area contributed by atoms with E-state index in [1.807, 2.05) is 0 Å². The first-order valence-electron chi connectivity index (χ1n) is 7.36. The molecule has 0 spiro atoms. The molecule has 25 heavy (non-hydrogen) atoms. The van der Waals surface area contributed by atoms with Crippen LogP contribution in [0.25, 0.3) is 10.9 Å². The van der Waals surface area contributed by atoms with Crippen molar-refractivity contribution in [1.29, 1.82) is 0 Å². The maximum Gasteiger partial charge on any atom is 0.347 e. The number of nitrogens with zero attached hydrogens (tertiary/aromatic N) is 3. The molecule has 3 rings (SSSR count). The molecule has 1 heterocycles. The zero-order chi connectivity index (χ0) is 17.8. The second-order valence-electron chi connectivity index (χ2n) is 5.01. The Balaban J connectivity index is 1.86. The molecule has 0 amide bonds. The van der Waals surface area contributed by atoms with Gasteiger partial charge in [-0.2, -0.15) is 4.68 Å². The average Bonchev–Trinajstić information content (AvgIpc) is 2.66. The van der Waals surface area contributed by atoms with Gasteiger partial charge in [0.15, 0.2) is 6.73 Å². The molecule has 1 aromatic heterocycles. The van der Waals surface area contributed by atoms with Gasteiger partial charge in [0.25, 0.3) is 5.56 Å². The number of methoxy groups -OCH3 is 2. The van der Waals surface area contributed by atoms with Crippen LogP contribution in [-0.4, -0.2) is 35.2 Å². The van der Waals surface area contributed by atoms with Gasteiger partial charge < -0.3 is 14.2 Å². The highest BCUT2D eigenvalue weighted by Gasteiger charge is 2.20. The van der Waals surface area contributed by atoms with Crippen molar-refractivity contribution in [3.63, 3.8) is 0 Å². The molecule has 0 aliphatic rings. The van der Waals surface area contributed by atoms with Gasteiger partial charge in [-0.25, -0.2) is 4.79 Å². The molecule has 0 saturated carbocycles. The number of rotatable bonds is 5. The van der Waals surface area contributed by atoms with E-state index < -0.39 is 11.5 Å². The number of fused-ring (bicyclic) bond motifs is 1. The molecule has 128 valence electrons. The lowest BCUT2D eigenvalue weighted by atomic mass is 10.2. The van der Waals surface area contributed by atoms with Crippen LogP contribution in [0, 0.1) is 0 Å². The van der Waals surface area contributed by atoms with Gasteiger partial charge >= 0.3 is 5.97 Å². The van der Waals surface area contributed by atoms with Crippen molar-refractivity contribution >= 4 is 16.9 Å². The van der Waals surface area contributed by atoms with E-state index in [0.29, 0.717) is 22.4 Å². The summed E-state index contributed by atoms with van der Waals surface area (Å²) in [6.45, 7) is -0.378. The average molecular weight is 341 g/mol. The summed E-state index contributed by atoms with van der Waals surface area (Å²) in [6, 6.07) is 11.7. The Kier molecular flexibility index (Phi) is 4.60. The Morgan fingerprint density at radius 1 is 1.04 bits per heavy atom. The number of aromatic nitrogens is 3. The van der Waals surface area contributed by atoms with Crippen molar-refractivity contribution in [2.45, 2.75) is 6.73 Å². The predicted octanol–water partition coefficient (Wildman–Crippen LogP) is 1.62. The Hall–Kier alpha value is -3.42. The lowest BCUT2D eigenvalue weighted by Gasteiger charge is -2.12. The summed E-state index contributed by atoms with van der Waals surface area (Å²) in [5, 5.41) is 8.10. The lowest BCUT2D eigenvalue weighted by Crippen LogP contribution is -2.26. The fourth-order valence-corrected chi connectivity index (χ4v) is 2.35. The molecule has 0 N–H and O–H groups in total. The van der Waals surface area contributed by atoms with Crippen LogP contribution in [-0.2, 0) is 11.5 Å². The minimum absolute atomic E-state index is 0.134. The van der Waals surface area contributed by atoms with Gasteiger partial charge in [0.1, 0.15) is 22.6 Å². The largest absolute Gasteiger partial charge is 0.496 e. The van der Waals surface area contributed by atoms with Gasteiger partial charge in [-0.15, -0.1) is 5.10 Å². The van der Waals surface area contributed by atoms with E-state index in [9.17, 15) is 9.59 Å². The van der Waals surface area contributed by atoms with E-state index in [-0.39, 0.29) is 12.3 Å². The highest BCUT2D eigenvalue weighted by molar-refractivity contribution is 5.95. The molecular formula is C17H15N3O5. The summed E-state index contributed by atoms with van der Waals surface area (Å²) in [6.07, 6.45) is 0. The first-order chi connectivity index (χ1) is 12.2. The number of esters is 1. The standard InChI is InChI=1S/C17H15N3O5/c1-23-13-8-5-9-14(24-2)15(13)17(22)25-10-20-16(21)11-6-3-4-7-12(11)18-19-20/h3-9H,10H2,1-2H3. The van der Waals surface area contributed by atoms with Crippen molar-refractivity contribution in [1.82, 2.24) is 15.0 Å². The van der Waals surface area contributed by atoms with Crippen LogP contribution in [0.5, 0.6) is 11.5 Å². The van der Waals surface area contributed by atoms with Gasteiger partial charge in [0.05, 0.1) is 19.6 Å². The molecule has 0 atom stereocenters. The van der Waals surface area contributed by atoms with E-state index in [1.54, 1.807) is 42.5 Å². The molecule has 3 aromatic rings. The van der Waals surface area contributed by atoms with Crippen molar-refractivity contribution in [2.75, 3.05) is 14.2 Å². The Labute approximate surface area is 142 Å². The molecule has 0 saturated heterocycles. The zero-order valence-electron chi connectivity index (χ0n) is 13.6. The SMILES string of the molecule is COc1cccc(OC)c1C(=O)OCn1nnc2ccccc2c1=O. The topological polar surface area (TPSA) is 92.5 Å². The van der Waals surface area contributed by atoms with E-state index in [4.69, 9.17) is 14.2 Å². The maximum absolute atomic E-state index is 12.4. The van der Waals surface area contributed by atoms with Gasteiger partial charge in [0.2, 0.25) is 0 Å². The van der Waals surface area contributed by atoms with Gasteiger partial charge in [-0.3, -0.25) is 4.79 Å². The number of hydrogen-bond acceptors (Lipinski definition) is 7. The second kappa shape index (κ2) is 7.00. The summed E-state index contributed by atoms with van der Waals surface area (Å²) in [5.74, 6) is -0.0845. The Morgan fingerprint density at radius 3 is 2.40 bits per heavy atom. The van der Waals surface area contributed by atoms with E-state index in [0.717, 1.165) is 4.68 Å². The van der Waals surface area contributed by atoms with Crippen molar-refractivity contribution in [3.8, 4) is 11.5 Å². The second-order valence-corrected chi connectivity index (χ2v) is 5.01. The third-order valence-corrected chi connectivity index (χ3v) is 3.58. The van der Waals surface area contributed by atoms with Crippen LogP contribution in [0.2, 0.25) is 0 Å². The quantitative estimate of drug-likeness (QED) is 0.651. The molecule has 0 radical (unpaired) electrons. The number of carbonyl (C=O) groups excluding carboxylic acids is 1. The summed E-state index contributed by atoms with van der Waals surface area (Å²) in [4.78, 5) is 24.8. The van der Waals surface area contributed by atoms with Crippen LogP contribution in [0.4, 0.5) is 0 Å². The molecule has 0 aliphatic heterocycles. The third-order valence-electron chi connectivity index (χ3n) is 3.58. The number of hydrogen-bond donors (Lipinski definition) is 0. The van der Waals surface area contributed by atoms with Crippen molar-refractivity contribution in [2.24, 2.45) is 0 Å². The monoisotopic (exact) mass is 341 g/mol. The molecule has 0 bridgehead atoms. The predicted molar refractivity (Wildman–Crippen MR) is 88.8 cm³/mol. The molecule has 8 heteroatoms. The summed E-state index contributed by atoms with van der Waals surface area (Å²) in [7, 11) is 2.87. The smallest absolute Gasteiger partial charge is 0.347 e. The van der Waals surface area contributed by atoms with Crippen LogP contribution in [0.15, 0.2) is 47.3 Å². The number of benzene rings is 2. The fourth-order valence-electron chi connectivity index (χ4n) is 2.35. The van der Waals surface area contributed by atoms with Crippen molar-refractivity contribution in [3.05, 3.63) is 58.4 Å². The molecule has 2 aromatic carbocycles. The zero-order valence-corrected chi connectivity index (χ0v) is 13.6. The van der Waals surface area contributed by atoms with Gasteiger partial charge in [0, 0.05) is 0 Å². The molecule has 0 unspecified atom stereocenters. The van der Waals surface area contributed by atoms with Crippen LogP contribution in [0.3, 0.4) is 0 Å². The highest BCUT2D eigenvalue weighted by atomic mass is 16.5. The summed E-state index contributed by atoms with van der Waals surface area (Å²) < 4.78 is 16.5. The molecule has 8 nitrogen and oxygen atoms in total. The molecule has 0 aliphatic carbocycles. The first-order valence-corrected chi connectivity index (χ1v) is 7.36. The van der Waals surface area contributed by atoms with Crippen LogP contribution in [0.1, 0.15) is 10.4 Å². The first kappa shape index (κ1) is 16.4. The molecule has 0 fully saturated rings. The lowest BCUT2D eigenvalue weighted by molar-refractivity contribution is 0.0329. The Bertz CT molecular complexity index is 961. The highest BCUT2D eigenvalue weighted by Crippen LogP contribution is 2.28. The number of ether oxygens (including phenoxy) is 3. The van der Waals surface area contributed by atoms with E-state index in [2.05, 4.69) is 10.3 Å². The molecular weight excluding hydrogens is 326 g/mol. The van der Waals surface area contributed by atoms with E-state index >= 15 is 0 Å². The summed E-state index contributed by atoms with van der Waals surface area (Å²) in [5.41, 5.74) is 0.209. The van der Waals surface area contributed by atoms with Crippen LogP contribution < -0.4 is 15.0 Å². The minimum atomic E-state index is -0.698. The Morgan fingerprint density at radius 2 is 1.72 bits per heavy atom. The fraction of sp³-hybridized carbons (Fsp3) is 0.176. The van der Waals surface area contributed by atoms with Crippen LogP contribution >= 0.6 is 0 Å². The minimum Gasteiger partial charge on any atom is -0.496 e. The van der Waals surface area contributed by atoms with E-state index in [1.165, 1.54) is 14.2 Å². The third kappa shape index (κ3) is 3.14. The van der Waals surface area contributed by atoms with Gasteiger partial charge in [-0.05, 0) is 24.3 Å². The van der Waals surface area contributed by atoms with Gasteiger partial charge in [-0.1, -0.05) is 23.4 Å².